The Kier molecular flexibility index (Phi) is 14.4. The molecular weight excluding hydrogens is 568 g/mol. The van der Waals surface area contributed by atoms with Crippen molar-refractivity contribution in [2.45, 2.75) is 77.8 Å². The highest BCUT2D eigenvalue weighted by Crippen LogP contribution is 2.29. The minimum absolute atomic E-state index is 0.0903. The highest BCUT2D eigenvalue weighted by molar-refractivity contribution is 6.23. The van der Waals surface area contributed by atoms with Gasteiger partial charge in [-0.1, -0.05) is 26.0 Å². The molecule has 0 saturated carbocycles. The summed E-state index contributed by atoms with van der Waals surface area (Å²) in [5.41, 5.74) is 6.77. The molecule has 0 aromatic heterocycles. The van der Waals surface area contributed by atoms with Crippen LogP contribution in [0, 0.1) is 11.8 Å². The fourth-order valence-electron chi connectivity index (χ4n) is 5.49. The molecule has 1 aliphatic carbocycles. The van der Waals surface area contributed by atoms with Crippen LogP contribution >= 0.6 is 0 Å². The number of ether oxygens (including phenoxy) is 3. The molecule has 2 bridgehead atoms. The molecule has 2 aliphatic rings. The van der Waals surface area contributed by atoms with Gasteiger partial charge < -0.3 is 40.6 Å². The zero-order valence-corrected chi connectivity index (χ0v) is 27.3. The van der Waals surface area contributed by atoms with Crippen molar-refractivity contribution in [3.63, 3.8) is 0 Å². The van der Waals surface area contributed by atoms with Crippen molar-refractivity contribution in [2.75, 3.05) is 41.4 Å². The van der Waals surface area contributed by atoms with Crippen molar-refractivity contribution in [1.82, 2.24) is 15.5 Å². The van der Waals surface area contributed by atoms with Crippen molar-refractivity contribution in [3.05, 3.63) is 46.3 Å². The molecule has 44 heavy (non-hydrogen) atoms. The standard InChI is InChI=1S/C32H50N4O8/c1-18-14-22-27(34-12-13-36(5)6)24(37)17-23(29(22)39)35-31(40)19(2)10-9-11-25(42-7)30(44-32(33)41)21(4)16-20(3)28(38)26(15-18)43-8/h10,16-18,20,25-26,28,30,34,38H,9,11-15H2,1-8H3,(H2,33,41)(H,35,40)/b19-10+,21-16+/t18-,20+,25+,26+,28-,30+/m1/s1. The number of amides is 2. The van der Waals surface area contributed by atoms with E-state index in [2.05, 4.69) is 10.6 Å². The largest absolute Gasteiger partial charge is 0.439 e. The second-order valence-electron chi connectivity index (χ2n) is 12.0. The first-order chi connectivity index (χ1) is 20.7. The number of aliphatic hydroxyl groups excluding tert-OH is 1. The second kappa shape index (κ2) is 17.2. The molecular formula is C32H50N4O8. The van der Waals surface area contributed by atoms with Gasteiger partial charge in [0, 0.05) is 50.4 Å². The maximum absolute atomic E-state index is 13.7. The van der Waals surface area contributed by atoms with E-state index in [1.165, 1.54) is 14.2 Å². The van der Waals surface area contributed by atoms with Gasteiger partial charge in [-0.3, -0.25) is 14.4 Å². The lowest BCUT2D eigenvalue weighted by molar-refractivity contribution is -0.120. The highest BCUT2D eigenvalue weighted by atomic mass is 16.6. The van der Waals surface area contributed by atoms with Crippen LogP contribution in [0.2, 0.25) is 0 Å². The second-order valence-corrected chi connectivity index (χ2v) is 12.0. The van der Waals surface area contributed by atoms with Crippen LogP contribution in [0.3, 0.4) is 0 Å². The van der Waals surface area contributed by atoms with E-state index in [4.69, 9.17) is 19.9 Å². The van der Waals surface area contributed by atoms with E-state index in [-0.39, 0.29) is 29.3 Å². The van der Waals surface area contributed by atoms with E-state index < -0.39 is 53.9 Å². The Morgan fingerprint density at radius 3 is 2.39 bits per heavy atom. The summed E-state index contributed by atoms with van der Waals surface area (Å²) in [6, 6.07) is 0. The quantitative estimate of drug-likeness (QED) is 0.245. The van der Waals surface area contributed by atoms with Gasteiger partial charge in [-0.15, -0.1) is 0 Å². The first-order valence-electron chi connectivity index (χ1n) is 15.0. The van der Waals surface area contributed by atoms with Crippen LogP contribution in [0.25, 0.3) is 0 Å². The molecule has 12 heteroatoms. The molecule has 0 unspecified atom stereocenters. The van der Waals surface area contributed by atoms with E-state index in [0.29, 0.717) is 43.5 Å². The number of Topliss-reactive ketones (excluding diaryl/α,β-unsaturated/α-hetero) is 1. The maximum atomic E-state index is 13.7. The fraction of sp³-hybridized carbons (Fsp3) is 0.625. The Bertz CT molecular complexity index is 1190. The summed E-state index contributed by atoms with van der Waals surface area (Å²) < 4.78 is 16.8. The number of nitrogens with one attached hydrogen (secondary N) is 2. The number of ketones is 2. The van der Waals surface area contributed by atoms with Gasteiger partial charge >= 0.3 is 6.09 Å². The Balaban J connectivity index is 2.55. The number of primary amides is 1. The normalized spacial score (nSPS) is 30.6. The third kappa shape index (κ3) is 10.4. The predicted octanol–water partition coefficient (Wildman–Crippen LogP) is 2.14. The highest BCUT2D eigenvalue weighted by Gasteiger charge is 2.33. The molecule has 0 aromatic rings. The molecule has 6 atom stereocenters. The SMILES string of the molecule is CO[C@H]1C[C@H](C)CC2=C(NCCN(C)C)C(=O)C=C(NC(=O)/C(C)=C/CC[C@H](OC)[C@@H](OC(N)=O)/C(C)=C/[C@H](C)[C@H]1O)C2=O. The predicted molar refractivity (Wildman–Crippen MR) is 166 cm³/mol. The van der Waals surface area contributed by atoms with Crippen LogP contribution in [0.5, 0.6) is 0 Å². The molecule has 0 spiro atoms. The fourth-order valence-corrected chi connectivity index (χ4v) is 5.49. The third-order valence-corrected chi connectivity index (χ3v) is 7.98. The summed E-state index contributed by atoms with van der Waals surface area (Å²) in [5, 5.41) is 17.1. The lowest BCUT2D eigenvalue weighted by Gasteiger charge is -2.30. The van der Waals surface area contributed by atoms with Gasteiger partial charge in [0.25, 0.3) is 5.91 Å². The average molecular weight is 619 g/mol. The van der Waals surface area contributed by atoms with Crippen molar-refractivity contribution < 1.29 is 38.5 Å². The molecule has 5 N–H and O–H groups in total. The number of likely N-dealkylation sites (N-methyl/N-ethyl adjacent to an activating group) is 1. The van der Waals surface area contributed by atoms with E-state index >= 15 is 0 Å². The molecule has 0 fully saturated rings. The summed E-state index contributed by atoms with van der Waals surface area (Å²) in [6.07, 6.45) is 2.06. The average Bonchev–Trinajstić information content (AvgIpc) is 2.95. The Morgan fingerprint density at radius 2 is 1.80 bits per heavy atom. The number of carbonyl (C=O) groups is 4. The van der Waals surface area contributed by atoms with E-state index in [1.807, 2.05) is 32.8 Å². The minimum atomic E-state index is -0.963. The third-order valence-electron chi connectivity index (χ3n) is 7.98. The van der Waals surface area contributed by atoms with Crippen LogP contribution < -0.4 is 16.4 Å². The van der Waals surface area contributed by atoms with Crippen molar-refractivity contribution in [2.24, 2.45) is 17.6 Å². The van der Waals surface area contributed by atoms with Crippen LogP contribution in [0.15, 0.2) is 46.3 Å². The van der Waals surface area contributed by atoms with Crippen molar-refractivity contribution >= 4 is 23.6 Å². The Hall–Kier alpha value is -3.32. The van der Waals surface area contributed by atoms with Gasteiger partial charge in [0.1, 0.15) is 0 Å². The summed E-state index contributed by atoms with van der Waals surface area (Å²) in [7, 11) is 6.81. The molecule has 0 radical (unpaired) electrons. The first-order valence-corrected chi connectivity index (χ1v) is 15.0. The molecule has 1 aliphatic heterocycles. The van der Waals surface area contributed by atoms with Gasteiger partial charge in [0.2, 0.25) is 11.6 Å². The maximum Gasteiger partial charge on any atom is 0.405 e. The van der Waals surface area contributed by atoms with Gasteiger partial charge in [-0.2, -0.15) is 0 Å². The Morgan fingerprint density at radius 1 is 1.14 bits per heavy atom. The molecule has 12 nitrogen and oxygen atoms in total. The summed E-state index contributed by atoms with van der Waals surface area (Å²) in [6.45, 7) is 8.22. The lowest BCUT2D eigenvalue weighted by atomic mass is 9.85. The Labute approximate surface area is 260 Å². The van der Waals surface area contributed by atoms with Gasteiger partial charge in [0.15, 0.2) is 6.10 Å². The topological polar surface area (TPSA) is 170 Å². The number of carbonyl (C=O) groups excluding carboxylic acids is 4. The van der Waals surface area contributed by atoms with Crippen molar-refractivity contribution in [3.8, 4) is 0 Å². The van der Waals surface area contributed by atoms with E-state index in [0.717, 1.165) is 6.08 Å². The molecule has 1 heterocycles. The van der Waals surface area contributed by atoms with E-state index in [1.54, 1.807) is 26.0 Å². The molecule has 2 rings (SSSR count). The molecule has 246 valence electrons. The summed E-state index contributed by atoms with van der Waals surface area (Å²) in [4.78, 5) is 53.8. The van der Waals surface area contributed by atoms with Crippen LogP contribution in [0.1, 0.15) is 53.4 Å². The zero-order chi connectivity index (χ0) is 33.1. The number of fused-ring (bicyclic) bond motifs is 2. The number of methoxy groups -OCH3 is 2. The zero-order valence-electron chi connectivity index (χ0n) is 27.3. The monoisotopic (exact) mass is 618 g/mol. The molecule has 0 aromatic carbocycles. The first kappa shape index (κ1) is 36.9. The summed E-state index contributed by atoms with van der Waals surface area (Å²) >= 11 is 0. The van der Waals surface area contributed by atoms with Crippen LogP contribution in [-0.2, 0) is 28.6 Å². The summed E-state index contributed by atoms with van der Waals surface area (Å²) in [5.74, 6) is -1.95. The number of hydrogen-bond acceptors (Lipinski definition) is 10. The van der Waals surface area contributed by atoms with Gasteiger partial charge in [-0.05, 0) is 65.1 Å². The van der Waals surface area contributed by atoms with Crippen LogP contribution in [0.4, 0.5) is 4.79 Å². The molecule has 2 amide bonds. The van der Waals surface area contributed by atoms with Crippen molar-refractivity contribution in [1.29, 1.82) is 0 Å². The number of allylic oxidation sites excluding steroid dienone is 3. The lowest BCUT2D eigenvalue weighted by Crippen LogP contribution is -2.38. The van der Waals surface area contributed by atoms with Gasteiger partial charge in [0.05, 0.1) is 29.7 Å². The number of hydrogen-bond donors (Lipinski definition) is 4. The number of nitrogens with zero attached hydrogens (tertiary/aromatic N) is 1. The number of aliphatic hydroxyl groups is 1. The van der Waals surface area contributed by atoms with E-state index in [9.17, 15) is 24.3 Å². The van der Waals surface area contributed by atoms with Crippen LogP contribution in [-0.4, -0.2) is 99.4 Å². The molecule has 0 saturated heterocycles. The number of rotatable bonds is 7. The number of nitrogens with two attached hydrogens (primary N) is 1. The van der Waals surface area contributed by atoms with Gasteiger partial charge in [-0.25, -0.2) is 4.79 Å². The minimum Gasteiger partial charge on any atom is -0.439 e. The smallest absolute Gasteiger partial charge is 0.405 e.